The average molecular weight is 216 g/mol. The van der Waals surface area contributed by atoms with Crippen molar-refractivity contribution in [3.63, 3.8) is 0 Å². The molecule has 2 rings (SSSR count). The molecule has 0 amide bonds. The van der Waals surface area contributed by atoms with Crippen LogP contribution in [0.15, 0.2) is 28.7 Å². The summed E-state index contributed by atoms with van der Waals surface area (Å²) in [5.41, 5.74) is 8.73. The second-order valence-electron chi connectivity index (χ2n) is 4.29. The first kappa shape index (κ1) is 10.7. The van der Waals surface area contributed by atoms with Gasteiger partial charge in [0.2, 0.25) is 0 Å². The molecule has 0 aliphatic carbocycles. The zero-order valence-electron chi connectivity index (χ0n) is 9.82. The largest absolute Gasteiger partial charge is 0.428 e. The zero-order chi connectivity index (χ0) is 11.7. The zero-order valence-corrected chi connectivity index (χ0v) is 9.82. The molecule has 2 aromatic rings. The summed E-state index contributed by atoms with van der Waals surface area (Å²) in [5.74, 6) is 1.13. The molecule has 0 atom stereocenters. The van der Waals surface area contributed by atoms with Gasteiger partial charge in [0.15, 0.2) is 0 Å². The normalized spacial score (nSPS) is 11.0. The summed E-state index contributed by atoms with van der Waals surface area (Å²) in [4.78, 5) is 4.25. The Balaban J connectivity index is 2.55. The average Bonchev–Trinajstić information content (AvgIpc) is 2.60. The molecule has 0 aliphatic rings. The van der Waals surface area contributed by atoms with Gasteiger partial charge < -0.3 is 10.2 Å². The Kier molecular flexibility index (Phi) is 2.69. The van der Waals surface area contributed by atoms with Crippen molar-refractivity contribution in [1.82, 2.24) is 4.98 Å². The number of nitrogen functional groups attached to an aromatic ring is 1. The summed E-state index contributed by atoms with van der Waals surface area (Å²) >= 11 is 0. The lowest BCUT2D eigenvalue weighted by atomic mass is 10.0. The van der Waals surface area contributed by atoms with E-state index in [2.05, 4.69) is 37.9 Å². The number of rotatable bonds is 2. The van der Waals surface area contributed by atoms with E-state index in [-0.39, 0.29) is 11.9 Å². The third-order valence-electron chi connectivity index (χ3n) is 2.49. The molecule has 3 heteroatoms. The number of nitrogens with two attached hydrogens (primary N) is 1. The summed E-state index contributed by atoms with van der Waals surface area (Å²) in [6.07, 6.45) is 0. The maximum absolute atomic E-state index is 5.61. The van der Waals surface area contributed by atoms with Crippen LogP contribution in [0.4, 0.5) is 6.01 Å². The monoisotopic (exact) mass is 216 g/mol. The van der Waals surface area contributed by atoms with E-state index in [9.17, 15) is 0 Å². The first-order chi connectivity index (χ1) is 7.58. The van der Waals surface area contributed by atoms with Crippen LogP contribution in [0.2, 0.25) is 0 Å². The van der Waals surface area contributed by atoms with Gasteiger partial charge in [0.25, 0.3) is 6.01 Å². The second-order valence-corrected chi connectivity index (χ2v) is 4.29. The molecule has 0 fully saturated rings. The number of aryl methyl sites for hydroxylation is 1. The van der Waals surface area contributed by atoms with Crippen LogP contribution in [0.1, 0.15) is 31.1 Å². The first-order valence-corrected chi connectivity index (χ1v) is 5.41. The van der Waals surface area contributed by atoms with Gasteiger partial charge in [-0.1, -0.05) is 37.6 Å². The number of hydrogen-bond acceptors (Lipinski definition) is 3. The Hall–Kier alpha value is -1.77. The molecular formula is C13H16N2O. The Morgan fingerprint density at radius 3 is 2.69 bits per heavy atom. The molecule has 2 N–H and O–H groups in total. The molecule has 1 aromatic carbocycles. The minimum Gasteiger partial charge on any atom is -0.428 e. The topological polar surface area (TPSA) is 52.0 Å². The van der Waals surface area contributed by atoms with Crippen LogP contribution in [0.3, 0.4) is 0 Å². The van der Waals surface area contributed by atoms with Crippen LogP contribution in [-0.4, -0.2) is 4.98 Å². The summed E-state index contributed by atoms with van der Waals surface area (Å²) in [5, 5.41) is 0. The number of anilines is 1. The number of hydrogen-bond donors (Lipinski definition) is 1. The van der Waals surface area contributed by atoms with E-state index in [0.29, 0.717) is 0 Å². The number of oxazole rings is 1. The maximum Gasteiger partial charge on any atom is 0.292 e. The minimum absolute atomic E-state index is 0.236. The van der Waals surface area contributed by atoms with Gasteiger partial charge in [0, 0.05) is 11.5 Å². The van der Waals surface area contributed by atoms with Crippen LogP contribution in [0, 0.1) is 6.92 Å². The van der Waals surface area contributed by atoms with Gasteiger partial charge in [-0.15, -0.1) is 0 Å². The van der Waals surface area contributed by atoms with Crippen LogP contribution >= 0.6 is 0 Å². The highest BCUT2D eigenvalue weighted by molar-refractivity contribution is 5.63. The Bertz CT molecular complexity index is 500. The second kappa shape index (κ2) is 4.00. The molecule has 16 heavy (non-hydrogen) atoms. The van der Waals surface area contributed by atoms with E-state index in [1.165, 1.54) is 5.56 Å². The highest BCUT2D eigenvalue weighted by atomic mass is 16.4. The van der Waals surface area contributed by atoms with Crippen molar-refractivity contribution >= 4 is 6.01 Å². The SMILES string of the molecule is Cc1cccc(-c2nc(N)oc2C(C)C)c1. The summed E-state index contributed by atoms with van der Waals surface area (Å²) in [7, 11) is 0. The molecule has 1 heterocycles. The molecule has 1 aromatic heterocycles. The molecule has 0 radical (unpaired) electrons. The highest BCUT2D eigenvalue weighted by Crippen LogP contribution is 2.30. The fourth-order valence-electron chi connectivity index (χ4n) is 1.74. The molecule has 3 nitrogen and oxygen atoms in total. The predicted octanol–water partition coefficient (Wildman–Crippen LogP) is 3.36. The van der Waals surface area contributed by atoms with Gasteiger partial charge in [-0.3, -0.25) is 0 Å². The van der Waals surface area contributed by atoms with Gasteiger partial charge in [-0.25, -0.2) is 0 Å². The summed E-state index contributed by atoms with van der Waals surface area (Å²) in [6.45, 7) is 6.19. The summed E-state index contributed by atoms with van der Waals surface area (Å²) < 4.78 is 5.44. The predicted molar refractivity (Wildman–Crippen MR) is 65.2 cm³/mol. The molecular weight excluding hydrogens is 200 g/mol. The standard InChI is InChI=1S/C13H16N2O/c1-8(2)12-11(15-13(14)16-12)10-6-4-5-9(3)7-10/h4-8H,1-3H3,(H2,14,15). The van der Waals surface area contributed by atoms with Crippen molar-refractivity contribution in [3.05, 3.63) is 35.6 Å². The lowest BCUT2D eigenvalue weighted by Gasteiger charge is -2.04. The molecule has 0 spiro atoms. The van der Waals surface area contributed by atoms with Crippen LogP contribution in [0.25, 0.3) is 11.3 Å². The van der Waals surface area contributed by atoms with E-state index in [4.69, 9.17) is 10.2 Å². The van der Waals surface area contributed by atoms with Crippen molar-refractivity contribution < 1.29 is 4.42 Å². The van der Waals surface area contributed by atoms with E-state index in [0.717, 1.165) is 17.0 Å². The van der Waals surface area contributed by atoms with Crippen molar-refractivity contribution in [1.29, 1.82) is 0 Å². The Morgan fingerprint density at radius 2 is 2.06 bits per heavy atom. The number of aromatic nitrogens is 1. The molecule has 0 saturated carbocycles. The molecule has 0 unspecified atom stereocenters. The molecule has 0 aliphatic heterocycles. The fraction of sp³-hybridized carbons (Fsp3) is 0.308. The van der Waals surface area contributed by atoms with Crippen LogP contribution < -0.4 is 5.73 Å². The number of nitrogens with zero attached hydrogens (tertiary/aromatic N) is 1. The van der Waals surface area contributed by atoms with Gasteiger partial charge in [-0.2, -0.15) is 4.98 Å². The van der Waals surface area contributed by atoms with Crippen molar-refractivity contribution in [2.75, 3.05) is 5.73 Å². The van der Waals surface area contributed by atoms with Gasteiger partial charge in [-0.05, 0) is 13.0 Å². The van der Waals surface area contributed by atoms with E-state index in [1.807, 2.05) is 12.1 Å². The molecule has 0 bridgehead atoms. The van der Waals surface area contributed by atoms with Crippen molar-refractivity contribution in [2.24, 2.45) is 0 Å². The minimum atomic E-state index is 0.236. The van der Waals surface area contributed by atoms with Gasteiger partial charge in [0.1, 0.15) is 11.5 Å². The number of benzene rings is 1. The maximum atomic E-state index is 5.61. The fourth-order valence-corrected chi connectivity index (χ4v) is 1.74. The lowest BCUT2D eigenvalue weighted by molar-refractivity contribution is 0.500. The van der Waals surface area contributed by atoms with E-state index in [1.54, 1.807) is 0 Å². The first-order valence-electron chi connectivity index (χ1n) is 5.41. The Morgan fingerprint density at radius 1 is 1.31 bits per heavy atom. The van der Waals surface area contributed by atoms with E-state index >= 15 is 0 Å². The highest BCUT2D eigenvalue weighted by Gasteiger charge is 2.16. The quantitative estimate of drug-likeness (QED) is 0.837. The molecule has 0 saturated heterocycles. The third kappa shape index (κ3) is 1.94. The third-order valence-corrected chi connectivity index (χ3v) is 2.49. The van der Waals surface area contributed by atoms with Crippen molar-refractivity contribution in [2.45, 2.75) is 26.7 Å². The smallest absolute Gasteiger partial charge is 0.292 e. The van der Waals surface area contributed by atoms with Crippen molar-refractivity contribution in [3.8, 4) is 11.3 Å². The van der Waals surface area contributed by atoms with E-state index < -0.39 is 0 Å². The summed E-state index contributed by atoms with van der Waals surface area (Å²) in [6, 6.07) is 8.42. The van der Waals surface area contributed by atoms with Gasteiger partial charge >= 0.3 is 0 Å². The van der Waals surface area contributed by atoms with Crippen LogP contribution in [-0.2, 0) is 0 Å². The lowest BCUT2D eigenvalue weighted by Crippen LogP contribution is -1.89. The van der Waals surface area contributed by atoms with Gasteiger partial charge in [0.05, 0.1) is 0 Å². The van der Waals surface area contributed by atoms with Crippen LogP contribution in [0.5, 0.6) is 0 Å². The molecule has 84 valence electrons. The Labute approximate surface area is 95.3 Å².